The maximum absolute atomic E-state index is 12.8. The number of carbonyl (C=O) groups is 1. The fourth-order valence-corrected chi connectivity index (χ4v) is 2.73. The van der Waals surface area contributed by atoms with Crippen LogP contribution < -0.4 is 14.9 Å². The lowest BCUT2D eigenvalue weighted by Crippen LogP contribution is -2.18. The highest BCUT2D eigenvalue weighted by molar-refractivity contribution is 9.10. The van der Waals surface area contributed by atoms with Crippen molar-refractivity contribution in [3.8, 4) is 11.5 Å². The molecule has 28 heavy (non-hydrogen) atoms. The number of hydrogen-bond donors (Lipinski definition) is 1. The zero-order valence-corrected chi connectivity index (χ0v) is 16.7. The molecule has 0 aliphatic rings. The third-order valence-corrected chi connectivity index (χ3v) is 4.11. The number of alkyl halides is 3. The highest BCUT2D eigenvalue weighted by Crippen LogP contribution is 2.32. The van der Waals surface area contributed by atoms with Crippen molar-refractivity contribution < 1.29 is 27.4 Å². The van der Waals surface area contributed by atoms with Gasteiger partial charge in [-0.1, -0.05) is 6.07 Å². The summed E-state index contributed by atoms with van der Waals surface area (Å²) in [6, 6.07) is 7.50. The molecule has 9 heteroatoms. The second-order valence-electron chi connectivity index (χ2n) is 5.46. The molecule has 2 aromatic carbocycles. The van der Waals surface area contributed by atoms with Gasteiger partial charge in [0.15, 0.2) is 0 Å². The van der Waals surface area contributed by atoms with Crippen LogP contribution >= 0.6 is 15.9 Å². The number of nitrogens with one attached hydrogen (secondary N) is 1. The molecule has 2 aromatic rings. The molecule has 0 saturated heterocycles. The fourth-order valence-electron chi connectivity index (χ4n) is 2.26. The summed E-state index contributed by atoms with van der Waals surface area (Å²) in [5.74, 6) is 0.327. The quantitative estimate of drug-likeness (QED) is 0.467. The van der Waals surface area contributed by atoms with Crippen molar-refractivity contribution in [3.63, 3.8) is 0 Å². The van der Waals surface area contributed by atoms with Crippen molar-refractivity contribution in [1.29, 1.82) is 0 Å². The Balaban J connectivity index is 2.18. The van der Waals surface area contributed by atoms with Crippen LogP contribution in [0.4, 0.5) is 13.2 Å². The Hall–Kier alpha value is -2.55. The molecule has 0 heterocycles. The van der Waals surface area contributed by atoms with E-state index in [2.05, 4.69) is 26.5 Å². The van der Waals surface area contributed by atoms with Crippen LogP contribution in [-0.2, 0) is 6.18 Å². The first kappa shape index (κ1) is 21.7. The van der Waals surface area contributed by atoms with Gasteiger partial charge in [0.25, 0.3) is 5.91 Å². The third kappa shape index (κ3) is 5.72. The Morgan fingerprint density at radius 1 is 1.14 bits per heavy atom. The van der Waals surface area contributed by atoms with Crippen LogP contribution in [-0.4, -0.2) is 25.3 Å². The molecule has 0 bridgehead atoms. The first-order valence-corrected chi connectivity index (χ1v) is 9.15. The second-order valence-corrected chi connectivity index (χ2v) is 6.32. The Labute approximate surface area is 168 Å². The van der Waals surface area contributed by atoms with Gasteiger partial charge < -0.3 is 9.47 Å². The van der Waals surface area contributed by atoms with Crippen molar-refractivity contribution in [2.24, 2.45) is 5.10 Å². The van der Waals surface area contributed by atoms with Crippen molar-refractivity contribution in [2.45, 2.75) is 20.0 Å². The lowest BCUT2D eigenvalue weighted by Gasteiger charge is -2.12. The normalized spacial score (nSPS) is 11.5. The van der Waals surface area contributed by atoms with Gasteiger partial charge in [-0.05, 0) is 54.0 Å². The van der Waals surface area contributed by atoms with E-state index >= 15 is 0 Å². The van der Waals surface area contributed by atoms with E-state index in [-0.39, 0.29) is 5.56 Å². The van der Waals surface area contributed by atoms with Gasteiger partial charge in [0.05, 0.1) is 29.5 Å². The lowest BCUT2D eigenvalue weighted by molar-refractivity contribution is -0.137. The molecule has 0 saturated carbocycles. The predicted molar refractivity (Wildman–Crippen MR) is 103 cm³/mol. The Kier molecular flexibility index (Phi) is 7.45. The van der Waals surface area contributed by atoms with Crippen molar-refractivity contribution in [1.82, 2.24) is 5.43 Å². The summed E-state index contributed by atoms with van der Waals surface area (Å²) < 4.78 is 50.0. The van der Waals surface area contributed by atoms with Gasteiger partial charge in [-0.15, -0.1) is 0 Å². The summed E-state index contributed by atoms with van der Waals surface area (Å²) in [6.07, 6.45) is -3.18. The Morgan fingerprint density at radius 3 is 2.46 bits per heavy atom. The third-order valence-electron chi connectivity index (χ3n) is 3.49. The number of halogens is 4. The smallest absolute Gasteiger partial charge is 0.416 e. The van der Waals surface area contributed by atoms with Crippen LogP contribution in [0.25, 0.3) is 0 Å². The van der Waals surface area contributed by atoms with E-state index in [4.69, 9.17) is 9.47 Å². The fraction of sp³-hybridized carbons (Fsp3) is 0.263. The van der Waals surface area contributed by atoms with Crippen LogP contribution in [0.5, 0.6) is 11.5 Å². The number of benzene rings is 2. The molecular formula is C19H18BrF3N2O3. The largest absolute Gasteiger partial charge is 0.493 e. The number of carbonyl (C=O) groups excluding carboxylic acids is 1. The van der Waals surface area contributed by atoms with Crippen LogP contribution in [0, 0.1) is 0 Å². The monoisotopic (exact) mass is 458 g/mol. The van der Waals surface area contributed by atoms with Crippen LogP contribution in [0.2, 0.25) is 0 Å². The minimum Gasteiger partial charge on any atom is -0.493 e. The molecule has 0 aromatic heterocycles. The number of rotatable bonds is 7. The van der Waals surface area contributed by atoms with E-state index in [1.165, 1.54) is 12.3 Å². The van der Waals surface area contributed by atoms with Gasteiger partial charge in [-0.25, -0.2) is 5.43 Å². The van der Waals surface area contributed by atoms with E-state index in [0.717, 1.165) is 18.2 Å². The molecule has 1 N–H and O–H groups in total. The number of hydrazone groups is 1. The summed E-state index contributed by atoms with van der Waals surface area (Å²) in [4.78, 5) is 12.1. The maximum atomic E-state index is 12.8. The highest BCUT2D eigenvalue weighted by atomic mass is 79.9. The second kappa shape index (κ2) is 9.59. The van der Waals surface area contributed by atoms with Gasteiger partial charge in [0.2, 0.25) is 0 Å². The average Bonchev–Trinajstić information content (AvgIpc) is 2.64. The van der Waals surface area contributed by atoms with E-state index in [0.29, 0.717) is 34.7 Å². The average molecular weight is 459 g/mol. The summed E-state index contributed by atoms with van der Waals surface area (Å²) >= 11 is 3.38. The summed E-state index contributed by atoms with van der Waals surface area (Å²) in [5, 5.41) is 3.82. The first-order chi connectivity index (χ1) is 13.3. The van der Waals surface area contributed by atoms with Gasteiger partial charge in [0.1, 0.15) is 11.5 Å². The Bertz CT molecular complexity index is 870. The maximum Gasteiger partial charge on any atom is 0.416 e. The van der Waals surface area contributed by atoms with E-state index in [9.17, 15) is 18.0 Å². The molecule has 0 radical (unpaired) electrons. The number of hydrogen-bond acceptors (Lipinski definition) is 4. The molecule has 0 atom stereocenters. The molecule has 2 rings (SSSR count). The van der Waals surface area contributed by atoms with Gasteiger partial charge in [-0.3, -0.25) is 4.79 Å². The van der Waals surface area contributed by atoms with Crippen molar-refractivity contribution in [3.05, 3.63) is 57.6 Å². The molecule has 0 fully saturated rings. The van der Waals surface area contributed by atoms with E-state index < -0.39 is 17.6 Å². The number of amides is 1. The van der Waals surface area contributed by atoms with E-state index in [1.807, 2.05) is 13.8 Å². The molecule has 0 aliphatic heterocycles. The lowest BCUT2D eigenvalue weighted by atomic mass is 10.1. The molecule has 0 unspecified atom stereocenters. The SMILES string of the molecule is CCOc1cc(OCC)c(/C=N\NC(=O)c2cccc(C(F)(F)F)c2)cc1Br. The van der Waals surface area contributed by atoms with Crippen LogP contribution in [0.1, 0.15) is 35.3 Å². The van der Waals surface area contributed by atoms with Crippen LogP contribution in [0.3, 0.4) is 0 Å². The number of ether oxygens (including phenoxy) is 2. The minimum absolute atomic E-state index is 0.148. The summed E-state index contributed by atoms with van der Waals surface area (Å²) in [7, 11) is 0. The van der Waals surface area contributed by atoms with Gasteiger partial charge in [-0.2, -0.15) is 18.3 Å². The zero-order chi connectivity index (χ0) is 20.7. The van der Waals surface area contributed by atoms with E-state index in [1.54, 1.807) is 12.1 Å². The number of nitrogens with zero attached hydrogens (tertiary/aromatic N) is 1. The van der Waals surface area contributed by atoms with Crippen LogP contribution in [0.15, 0.2) is 46.0 Å². The topological polar surface area (TPSA) is 59.9 Å². The molecule has 0 aliphatic carbocycles. The standard InChI is InChI=1S/C19H18BrF3N2O3/c1-3-27-16-10-17(28-4-2)15(20)9-13(16)11-24-25-18(26)12-6-5-7-14(8-12)19(21,22)23/h5-11H,3-4H2,1-2H3,(H,25,26)/b24-11-. The highest BCUT2D eigenvalue weighted by Gasteiger charge is 2.30. The van der Waals surface area contributed by atoms with Gasteiger partial charge >= 0.3 is 6.18 Å². The molecule has 1 amide bonds. The molecule has 0 spiro atoms. The molecule has 5 nitrogen and oxygen atoms in total. The minimum atomic E-state index is -4.53. The summed E-state index contributed by atoms with van der Waals surface area (Å²) in [6.45, 7) is 4.56. The predicted octanol–water partition coefficient (Wildman–Crippen LogP) is 5.03. The molecular weight excluding hydrogens is 441 g/mol. The first-order valence-electron chi connectivity index (χ1n) is 8.36. The van der Waals surface area contributed by atoms with Crippen molar-refractivity contribution in [2.75, 3.05) is 13.2 Å². The van der Waals surface area contributed by atoms with Crippen molar-refractivity contribution >= 4 is 28.1 Å². The summed E-state index contributed by atoms with van der Waals surface area (Å²) in [5.41, 5.74) is 1.72. The van der Waals surface area contributed by atoms with Gasteiger partial charge in [0, 0.05) is 17.2 Å². The zero-order valence-electron chi connectivity index (χ0n) is 15.1. The Morgan fingerprint density at radius 2 is 1.82 bits per heavy atom. The molecule has 150 valence electrons.